The van der Waals surface area contributed by atoms with E-state index in [1.54, 1.807) is 0 Å². The van der Waals surface area contributed by atoms with E-state index in [-0.39, 0.29) is 25.6 Å². The molecule has 0 aliphatic carbocycles. The lowest BCUT2D eigenvalue weighted by atomic mass is 10.1. The summed E-state index contributed by atoms with van der Waals surface area (Å²) in [4.78, 5) is 12.9. The van der Waals surface area contributed by atoms with Gasteiger partial charge < -0.3 is 10.4 Å². The van der Waals surface area contributed by atoms with Gasteiger partial charge in [-0.15, -0.1) is 0 Å². The van der Waals surface area contributed by atoms with Gasteiger partial charge in [-0.05, 0) is 18.4 Å². The lowest BCUT2D eigenvalue weighted by Crippen LogP contribution is -2.41. The molecule has 0 bridgehead atoms. The van der Waals surface area contributed by atoms with Crippen LogP contribution in [0.3, 0.4) is 0 Å². The Bertz CT molecular complexity index is 402. The Kier molecular flexibility index (Phi) is 8.54. The zero-order valence-electron chi connectivity index (χ0n) is 12.0. The van der Waals surface area contributed by atoms with E-state index in [1.807, 2.05) is 30.3 Å². The standard InChI is InChI=1S/C15H22F2N2O2/c16-14(17)11-19(9-10-20)12-15(21)18-8-4-7-13-5-2-1-3-6-13/h1-3,5-6,14,20H,4,7-12H2,(H,18,21). The van der Waals surface area contributed by atoms with Gasteiger partial charge in [-0.3, -0.25) is 9.69 Å². The highest BCUT2D eigenvalue weighted by molar-refractivity contribution is 5.77. The molecule has 1 aromatic rings. The largest absolute Gasteiger partial charge is 0.395 e. The van der Waals surface area contributed by atoms with E-state index >= 15 is 0 Å². The summed E-state index contributed by atoms with van der Waals surface area (Å²) < 4.78 is 24.6. The minimum atomic E-state index is -2.51. The highest BCUT2D eigenvalue weighted by Gasteiger charge is 2.14. The third-order valence-corrected chi connectivity index (χ3v) is 2.99. The Labute approximate surface area is 123 Å². The Morgan fingerprint density at radius 1 is 1.29 bits per heavy atom. The van der Waals surface area contributed by atoms with E-state index in [0.29, 0.717) is 6.54 Å². The zero-order chi connectivity index (χ0) is 15.5. The van der Waals surface area contributed by atoms with Gasteiger partial charge in [-0.2, -0.15) is 0 Å². The molecule has 0 saturated carbocycles. The molecule has 0 radical (unpaired) electrons. The van der Waals surface area contributed by atoms with Gasteiger partial charge >= 0.3 is 0 Å². The summed E-state index contributed by atoms with van der Waals surface area (Å²) in [5.74, 6) is -0.294. The molecule has 0 aromatic heterocycles. The van der Waals surface area contributed by atoms with Gasteiger partial charge in [0.2, 0.25) is 5.91 Å². The van der Waals surface area contributed by atoms with Crippen molar-refractivity contribution in [2.24, 2.45) is 0 Å². The van der Waals surface area contributed by atoms with Gasteiger partial charge in [0.1, 0.15) is 0 Å². The molecule has 6 heteroatoms. The summed E-state index contributed by atoms with van der Waals surface area (Å²) in [7, 11) is 0. The van der Waals surface area contributed by atoms with Gasteiger partial charge in [-0.1, -0.05) is 30.3 Å². The first-order valence-corrected chi connectivity index (χ1v) is 7.04. The second kappa shape index (κ2) is 10.2. The minimum Gasteiger partial charge on any atom is -0.395 e. The second-order valence-corrected chi connectivity index (χ2v) is 4.79. The Morgan fingerprint density at radius 2 is 2.00 bits per heavy atom. The van der Waals surface area contributed by atoms with Crippen molar-refractivity contribution in [2.45, 2.75) is 19.3 Å². The zero-order valence-corrected chi connectivity index (χ0v) is 12.0. The number of alkyl halides is 2. The average Bonchev–Trinajstić information content (AvgIpc) is 2.44. The number of aliphatic hydroxyl groups excluding tert-OH is 1. The van der Waals surface area contributed by atoms with Crippen LogP contribution < -0.4 is 5.32 Å². The van der Waals surface area contributed by atoms with Crippen molar-refractivity contribution in [1.82, 2.24) is 10.2 Å². The normalized spacial score (nSPS) is 11.1. The van der Waals surface area contributed by atoms with Crippen molar-refractivity contribution in [1.29, 1.82) is 0 Å². The smallest absolute Gasteiger partial charge is 0.251 e. The summed E-state index contributed by atoms with van der Waals surface area (Å²) in [6.07, 6.45) is -0.856. The van der Waals surface area contributed by atoms with E-state index < -0.39 is 13.0 Å². The number of rotatable bonds is 10. The van der Waals surface area contributed by atoms with Crippen molar-refractivity contribution in [3.8, 4) is 0 Å². The molecule has 2 N–H and O–H groups in total. The quantitative estimate of drug-likeness (QED) is 0.640. The van der Waals surface area contributed by atoms with Crippen molar-refractivity contribution < 1.29 is 18.7 Å². The van der Waals surface area contributed by atoms with Gasteiger partial charge in [-0.25, -0.2) is 8.78 Å². The second-order valence-electron chi connectivity index (χ2n) is 4.79. The van der Waals surface area contributed by atoms with E-state index in [9.17, 15) is 13.6 Å². The van der Waals surface area contributed by atoms with Gasteiger partial charge in [0.15, 0.2) is 0 Å². The molecule has 1 amide bonds. The minimum absolute atomic E-state index is 0.0712. The number of aryl methyl sites for hydroxylation is 1. The third-order valence-electron chi connectivity index (χ3n) is 2.99. The maximum absolute atomic E-state index is 12.3. The number of aliphatic hydroxyl groups is 1. The Hall–Kier alpha value is -1.53. The SMILES string of the molecule is O=C(CN(CCO)CC(F)F)NCCCc1ccccc1. The van der Waals surface area contributed by atoms with E-state index in [4.69, 9.17) is 5.11 Å². The summed E-state index contributed by atoms with van der Waals surface area (Å²) in [6.45, 7) is -0.278. The maximum atomic E-state index is 12.3. The highest BCUT2D eigenvalue weighted by Crippen LogP contribution is 2.01. The van der Waals surface area contributed by atoms with Crippen LogP contribution in [0.5, 0.6) is 0 Å². The molecule has 0 saturated heterocycles. The van der Waals surface area contributed by atoms with Crippen LogP contribution in [0.15, 0.2) is 30.3 Å². The molecule has 0 heterocycles. The van der Waals surface area contributed by atoms with Crippen molar-refractivity contribution in [3.63, 3.8) is 0 Å². The monoisotopic (exact) mass is 300 g/mol. The molecule has 1 rings (SSSR count). The molecule has 0 atom stereocenters. The maximum Gasteiger partial charge on any atom is 0.251 e. The first-order valence-electron chi connectivity index (χ1n) is 7.04. The van der Waals surface area contributed by atoms with Crippen LogP contribution in [0, 0.1) is 0 Å². The molecule has 118 valence electrons. The number of carbonyl (C=O) groups is 1. The molecular weight excluding hydrogens is 278 g/mol. The molecule has 4 nitrogen and oxygen atoms in total. The number of hydrogen-bond acceptors (Lipinski definition) is 3. The van der Waals surface area contributed by atoms with Crippen LogP contribution in [0.4, 0.5) is 8.78 Å². The molecule has 21 heavy (non-hydrogen) atoms. The van der Waals surface area contributed by atoms with Crippen molar-refractivity contribution in [3.05, 3.63) is 35.9 Å². The van der Waals surface area contributed by atoms with Gasteiger partial charge in [0.05, 0.1) is 19.7 Å². The number of benzene rings is 1. The number of nitrogens with zero attached hydrogens (tertiary/aromatic N) is 1. The fourth-order valence-corrected chi connectivity index (χ4v) is 2.00. The molecule has 0 fully saturated rings. The fraction of sp³-hybridized carbons (Fsp3) is 0.533. The van der Waals surface area contributed by atoms with Crippen LogP contribution in [-0.2, 0) is 11.2 Å². The van der Waals surface area contributed by atoms with Crippen LogP contribution >= 0.6 is 0 Å². The molecule has 0 unspecified atom stereocenters. The van der Waals surface area contributed by atoms with E-state index in [2.05, 4.69) is 5.32 Å². The van der Waals surface area contributed by atoms with Crippen LogP contribution in [0.1, 0.15) is 12.0 Å². The van der Waals surface area contributed by atoms with Crippen LogP contribution in [0.25, 0.3) is 0 Å². The predicted molar refractivity (Wildman–Crippen MR) is 77.3 cm³/mol. The van der Waals surface area contributed by atoms with E-state index in [1.165, 1.54) is 10.5 Å². The van der Waals surface area contributed by atoms with Crippen molar-refractivity contribution in [2.75, 3.05) is 32.8 Å². The lowest BCUT2D eigenvalue weighted by Gasteiger charge is -2.20. The molecule has 0 aliphatic heterocycles. The first kappa shape index (κ1) is 17.5. The number of nitrogens with one attached hydrogen (secondary N) is 1. The highest BCUT2D eigenvalue weighted by atomic mass is 19.3. The van der Waals surface area contributed by atoms with Crippen LogP contribution in [-0.4, -0.2) is 55.1 Å². The Morgan fingerprint density at radius 3 is 2.62 bits per heavy atom. The van der Waals surface area contributed by atoms with Gasteiger partial charge in [0, 0.05) is 13.1 Å². The fourth-order valence-electron chi connectivity index (χ4n) is 2.00. The number of amides is 1. The summed E-state index contributed by atoms with van der Waals surface area (Å²) in [6, 6.07) is 9.92. The van der Waals surface area contributed by atoms with Gasteiger partial charge in [0.25, 0.3) is 6.43 Å². The number of halogens is 2. The molecule has 1 aromatic carbocycles. The van der Waals surface area contributed by atoms with E-state index in [0.717, 1.165) is 12.8 Å². The summed E-state index contributed by atoms with van der Waals surface area (Å²) in [5.41, 5.74) is 1.20. The Balaban J connectivity index is 2.20. The molecular formula is C15H22F2N2O2. The number of hydrogen-bond donors (Lipinski definition) is 2. The third kappa shape index (κ3) is 8.37. The average molecular weight is 300 g/mol. The molecule has 0 spiro atoms. The lowest BCUT2D eigenvalue weighted by molar-refractivity contribution is -0.122. The predicted octanol–water partition coefficient (Wildman–Crippen LogP) is 1.29. The van der Waals surface area contributed by atoms with Crippen LogP contribution in [0.2, 0.25) is 0 Å². The number of carbonyl (C=O) groups excluding carboxylic acids is 1. The topological polar surface area (TPSA) is 52.6 Å². The molecule has 0 aliphatic rings. The van der Waals surface area contributed by atoms with Crippen molar-refractivity contribution >= 4 is 5.91 Å². The summed E-state index contributed by atoms with van der Waals surface area (Å²) in [5, 5.41) is 11.5. The summed E-state index contributed by atoms with van der Waals surface area (Å²) >= 11 is 0. The first-order chi connectivity index (χ1) is 10.1.